The van der Waals surface area contributed by atoms with Crippen LogP contribution in [0, 0.1) is 5.92 Å². The van der Waals surface area contributed by atoms with E-state index in [9.17, 15) is 0 Å². The van der Waals surface area contributed by atoms with E-state index in [4.69, 9.17) is 37.9 Å². The van der Waals surface area contributed by atoms with Crippen molar-refractivity contribution in [2.75, 3.05) is 6.61 Å². The van der Waals surface area contributed by atoms with Crippen LogP contribution in [-0.2, 0) is 64.3 Å². The maximum atomic E-state index is 7.25. The largest absolute Gasteiger partial charge is 0.374 e. The third-order valence-electron chi connectivity index (χ3n) is 12.5. The van der Waals surface area contributed by atoms with Gasteiger partial charge in [0.25, 0.3) is 0 Å². The van der Waals surface area contributed by atoms with Gasteiger partial charge in [0.15, 0.2) is 0 Å². The Balaban J connectivity index is 1.06. The number of ether oxygens (including phenoxy) is 8. The topological polar surface area (TPSA) is 73.8 Å². The molecular weight excluding hydrogens is 717 g/mol. The Hall–Kier alpha value is -3.70. The highest BCUT2D eigenvalue weighted by molar-refractivity contribution is 5.18. The second-order valence-corrected chi connectivity index (χ2v) is 16.6. The Kier molecular flexibility index (Phi) is 12.7. The van der Waals surface area contributed by atoms with E-state index in [0.29, 0.717) is 52.3 Å². The van der Waals surface area contributed by atoms with Gasteiger partial charge in [0.2, 0.25) is 0 Å². The number of fused-ring (bicyclic) bond motifs is 3. The maximum absolute atomic E-state index is 7.25. The van der Waals surface area contributed by atoms with Crippen molar-refractivity contribution in [1.29, 1.82) is 0 Å². The quantitative estimate of drug-likeness (QED) is 0.111. The number of benzene rings is 4. The molecule has 0 spiro atoms. The third kappa shape index (κ3) is 9.14. The fraction of sp³-hybridized carbons (Fsp3) is 0.469. The first kappa shape index (κ1) is 40.1. The molecule has 0 aliphatic carbocycles. The molecule has 0 saturated carbocycles. The molecule has 0 bridgehead atoms. The minimum Gasteiger partial charge on any atom is -0.374 e. The van der Waals surface area contributed by atoms with Crippen molar-refractivity contribution < 1.29 is 37.9 Å². The summed E-state index contributed by atoms with van der Waals surface area (Å²) in [6.07, 6.45) is 1.13. The molecule has 8 heteroatoms. The molecule has 4 aliphatic heterocycles. The first-order valence-corrected chi connectivity index (χ1v) is 20.7. The smallest absolute Gasteiger partial charge is 0.121 e. The average Bonchev–Trinajstić information content (AvgIpc) is 3.24. The van der Waals surface area contributed by atoms with Crippen LogP contribution in [0.25, 0.3) is 0 Å². The monoisotopic (exact) mass is 774 g/mol. The fourth-order valence-electron chi connectivity index (χ4n) is 9.18. The van der Waals surface area contributed by atoms with Crippen molar-refractivity contribution in [2.24, 2.45) is 5.92 Å². The molecule has 4 aliphatic rings. The van der Waals surface area contributed by atoms with Gasteiger partial charge in [0, 0.05) is 25.2 Å². The fourth-order valence-corrected chi connectivity index (χ4v) is 9.18. The molecule has 302 valence electrons. The predicted molar refractivity (Wildman–Crippen MR) is 218 cm³/mol. The van der Waals surface area contributed by atoms with Crippen molar-refractivity contribution in [2.45, 2.75) is 133 Å². The molecule has 0 aromatic heterocycles. The van der Waals surface area contributed by atoms with Gasteiger partial charge in [0.05, 0.1) is 75.3 Å². The molecule has 4 aromatic rings. The Bertz CT molecular complexity index is 1840. The van der Waals surface area contributed by atoms with E-state index in [0.717, 1.165) is 22.3 Å². The SMILES string of the molecule is C=C[C@H](C)[C@@H]1O[C@@]2(C)[C@H](C[C@H]1OCc1ccccc1)O[C@@H]1C[C@]3(C)O[C@H](COCc4ccccc4)[C@@H](OCc4ccccc4)C[C@H]3O[C@H]1[C@@H]2OCc1ccccc1. The summed E-state index contributed by atoms with van der Waals surface area (Å²) in [4.78, 5) is 0. The zero-order chi connectivity index (χ0) is 39.2. The lowest BCUT2D eigenvalue weighted by molar-refractivity contribution is -0.382. The van der Waals surface area contributed by atoms with Gasteiger partial charge in [-0.15, -0.1) is 6.58 Å². The standard InChI is InChI=1S/C49H58O8/c1-5-34(2)45-40(52-31-37-22-14-8-15-23-37)27-44-49(4,57-45)47(53-32-38-24-16-9-17-25-38)46-41(54-44)28-48(3)43(55-46)26-39(51-30-36-20-12-7-13-21-36)42(56-48)33-50-29-35-18-10-6-11-19-35/h5-25,34,39-47H,1,26-33H2,2-4H3/t34-,39-,40+,41+,42+,43+,44-,45-,46+,47-,48-,49-/m0/s1. The lowest BCUT2D eigenvalue weighted by atomic mass is 9.72. The second-order valence-electron chi connectivity index (χ2n) is 16.6. The van der Waals surface area contributed by atoms with Crippen LogP contribution in [0.3, 0.4) is 0 Å². The molecule has 4 saturated heterocycles. The van der Waals surface area contributed by atoms with E-state index in [2.05, 4.69) is 75.9 Å². The predicted octanol–water partition coefficient (Wildman–Crippen LogP) is 8.80. The Morgan fingerprint density at radius 2 is 1.16 bits per heavy atom. The zero-order valence-electron chi connectivity index (χ0n) is 33.5. The van der Waals surface area contributed by atoms with E-state index in [1.54, 1.807) is 0 Å². The van der Waals surface area contributed by atoms with Crippen molar-refractivity contribution in [1.82, 2.24) is 0 Å². The van der Waals surface area contributed by atoms with Crippen molar-refractivity contribution in [3.63, 3.8) is 0 Å². The molecule has 0 amide bonds. The third-order valence-corrected chi connectivity index (χ3v) is 12.5. The van der Waals surface area contributed by atoms with Crippen LogP contribution in [0.2, 0.25) is 0 Å². The molecule has 0 radical (unpaired) electrons. The summed E-state index contributed by atoms with van der Waals surface area (Å²) >= 11 is 0. The van der Waals surface area contributed by atoms with Crippen LogP contribution < -0.4 is 0 Å². The minimum atomic E-state index is -0.829. The van der Waals surface area contributed by atoms with Gasteiger partial charge in [-0.2, -0.15) is 0 Å². The summed E-state index contributed by atoms with van der Waals surface area (Å²) < 4.78 is 55.4. The van der Waals surface area contributed by atoms with Crippen LogP contribution in [0.15, 0.2) is 134 Å². The van der Waals surface area contributed by atoms with E-state index < -0.39 is 23.4 Å². The molecule has 4 heterocycles. The Morgan fingerprint density at radius 1 is 0.649 bits per heavy atom. The van der Waals surface area contributed by atoms with Crippen molar-refractivity contribution >= 4 is 0 Å². The van der Waals surface area contributed by atoms with Crippen LogP contribution in [0.5, 0.6) is 0 Å². The van der Waals surface area contributed by atoms with Gasteiger partial charge >= 0.3 is 0 Å². The van der Waals surface area contributed by atoms with E-state index in [1.807, 2.05) is 78.9 Å². The molecule has 4 aromatic carbocycles. The first-order valence-electron chi connectivity index (χ1n) is 20.7. The molecule has 0 unspecified atom stereocenters. The van der Waals surface area contributed by atoms with Gasteiger partial charge in [0.1, 0.15) is 23.9 Å². The summed E-state index contributed by atoms with van der Waals surface area (Å²) in [5.74, 6) is 0.0296. The van der Waals surface area contributed by atoms with Crippen molar-refractivity contribution in [3.05, 3.63) is 156 Å². The van der Waals surface area contributed by atoms with Crippen LogP contribution >= 0.6 is 0 Å². The highest BCUT2D eigenvalue weighted by atomic mass is 16.7. The number of hydrogen-bond acceptors (Lipinski definition) is 8. The van der Waals surface area contributed by atoms with Crippen LogP contribution in [0.4, 0.5) is 0 Å². The number of rotatable bonds is 15. The highest BCUT2D eigenvalue weighted by Crippen LogP contribution is 2.51. The van der Waals surface area contributed by atoms with Gasteiger partial charge in [-0.25, -0.2) is 0 Å². The van der Waals surface area contributed by atoms with Gasteiger partial charge < -0.3 is 37.9 Å². The summed E-state index contributed by atoms with van der Waals surface area (Å²) in [5, 5.41) is 0. The van der Waals surface area contributed by atoms with Gasteiger partial charge in [-0.05, 0) is 36.1 Å². The normalized spacial score (nSPS) is 34.0. The van der Waals surface area contributed by atoms with Crippen LogP contribution in [0.1, 0.15) is 62.3 Å². The molecule has 4 fully saturated rings. The molecule has 0 N–H and O–H groups in total. The van der Waals surface area contributed by atoms with Gasteiger partial charge in [-0.1, -0.05) is 134 Å². The maximum Gasteiger partial charge on any atom is 0.121 e. The highest BCUT2D eigenvalue weighted by Gasteiger charge is 2.65. The van der Waals surface area contributed by atoms with E-state index in [-0.39, 0.29) is 48.6 Å². The Morgan fingerprint density at radius 3 is 1.72 bits per heavy atom. The molecule has 8 rings (SSSR count). The molecule has 12 atom stereocenters. The van der Waals surface area contributed by atoms with E-state index >= 15 is 0 Å². The lowest BCUT2D eigenvalue weighted by Gasteiger charge is -2.62. The van der Waals surface area contributed by atoms with Crippen molar-refractivity contribution in [3.8, 4) is 0 Å². The minimum absolute atomic E-state index is 0.0296. The molecule has 8 nitrogen and oxygen atoms in total. The average molecular weight is 775 g/mol. The molecule has 57 heavy (non-hydrogen) atoms. The number of hydrogen-bond donors (Lipinski definition) is 0. The summed E-state index contributed by atoms with van der Waals surface area (Å²) in [5.41, 5.74) is 2.96. The first-order chi connectivity index (χ1) is 27.8. The Labute approximate surface area is 338 Å². The summed E-state index contributed by atoms with van der Waals surface area (Å²) in [6.45, 7) is 12.9. The van der Waals surface area contributed by atoms with E-state index in [1.165, 1.54) is 0 Å². The summed E-state index contributed by atoms with van der Waals surface area (Å²) in [7, 11) is 0. The lowest BCUT2D eigenvalue weighted by Crippen LogP contribution is -2.75. The van der Waals surface area contributed by atoms with Crippen LogP contribution in [-0.4, -0.2) is 72.7 Å². The second kappa shape index (κ2) is 18.1. The van der Waals surface area contributed by atoms with Gasteiger partial charge in [-0.3, -0.25) is 0 Å². The zero-order valence-corrected chi connectivity index (χ0v) is 33.5. The summed E-state index contributed by atoms with van der Waals surface area (Å²) in [6, 6.07) is 41.1. The molecular formula is C49H58O8.